The van der Waals surface area contributed by atoms with Crippen LogP contribution in [0.4, 0.5) is 0 Å². The molecule has 0 spiro atoms. The maximum Gasteiger partial charge on any atom is 0.255 e. The van der Waals surface area contributed by atoms with Gasteiger partial charge in [0, 0.05) is 56.5 Å². The predicted molar refractivity (Wildman–Crippen MR) is 102 cm³/mol. The van der Waals surface area contributed by atoms with Crippen LogP contribution in [0.25, 0.3) is 11.3 Å². The van der Waals surface area contributed by atoms with Gasteiger partial charge in [-0.1, -0.05) is 0 Å². The molecule has 4 heterocycles. The Kier molecular flexibility index (Phi) is 5.00. The summed E-state index contributed by atoms with van der Waals surface area (Å²) in [6.45, 7) is 1.65. The largest absolute Gasteiger partial charge is 0.336 e. The highest BCUT2D eigenvalue weighted by Gasteiger charge is 2.27. The zero-order valence-corrected chi connectivity index (χ0v) is 15.5. The molecule has 0 bridgehead atoms. The number of amides is 1. The lowest BCUT2D eigenvalue weighted by Crippen LogP contribution is -2.44. The number of rotatable bonds is 5. The first-order chi connectivity index (χ1) is 13.2. The van der Waals surface area contributed by atoms with Gasteiger partial charge in [0.25, 0.3) is 5.91 Å². The molecule has 0 aromatic carbocycles. The van der Waals surface area contributed by atoms with Gasteiger partial charge in [-0.15, -0.1) is 0 Å². The zero-order valence-electron chi connectivity index (χ0n) is 15.5. The van der Waals surface area contributed by atoms with Crippen LogP contribution in [0.15, 0.2) is 49.2 Å². The maximum atomic E-state index is 13.1. The van der Waals surface area contributed by atoms with Gasteiger partial charge < -0.3 is 4.90 Å². The van der Waals surface area contributed by atoms with Gasteiger partial charge in [0.2, 0.25) is 0 Å². The average Bonchev–Trinajstić information content (AvgIpc) is 3.38. The van der Waals surface area contributed by atoms with E-state index in [1.165, 1.54) is 6.42 Å². The van der Waals surface area contributed by atoms with Crippen LogP contribution in [0.2, 0.25) is 0 Å². The van der Waals surface area contributed by atoms with Gasteiger partial charge in [-0.3, -0.25) is 19.1 Å². The summed E-state index contributed by atoms with van der Waals surface area (Å²) in [5.41, 5.74) is 2.42. The molecule has 0 saturated carbocycles. The second-order valence-electron chi connectivity index (χ2n) is 7.04. The van der Waals surface area contributed by atoms with Crippen molar-refractivity contribution in [1.29, 1.82) is 0 Å². The van der Waals surface area contributed by atoms with Crippen molar-refractivity contribution in [2.24, 2.45) is 7.05 Å². The van der Waals surface area contributed by atoms with Gasteiger partial charge in [0.05, 0.1) is 17.5 Å². The summed E-state index contributed by atoms with van der Waals surface area (Å²) < 4.78 is 3.68. The van der Waals surface area contributed by atoms with E-state index < -0.39 is 0 Å². The van der Waals surface area contributed by atoms with Gasteiger partial charge in [-0.05, 0) is 43.9 Å². The Morgan fingerprint density at radius 1 is 1.22 bits per heavy atom. The van der Waals surface area contributed by atoms with Crippen molar-refractivity contribution in [3.8, 4) is 11.3 Å². The fourth-order valence-corrected chi connectivity index (χ4v) is 3.69. The molecule has 7 nitrogen and oxygen atoms in total. The van der Waals surface area contributed by atoms with Gasteiger partial charge in [0.15, 0.2) is 0 Å². The number of aryl methyl sites for hydroxylation is 2. The predicted octanol–water partition coefficient (Wildman–Crippen LogP) is 2.76. The zero-order chi connectivity index (χ0) is 18.6. The van der Waals surface area contributed by atoms with E-state index in [1.54, 1.807) is 23.3 Å². The molecule has 4 rings (SSSR count). The van der Waals surface area contributed by atoms with E-state index in [9.17, 15) is 4.79 Å². The Labute approximate surface area is 158 Å². The topological polar surface area (TPSA) is 68.8 Å². The van der Waals surface area contributed by atoms with Crippen molar-refractivity contribution in [2.45, 2.75) is 38.3 Å². The monoisotopic (exact) mass is 364 g/mol. The fraction of sp³-hybridized carbons (Fsp3) is 0.400. The van der Waals surface area contributed by atoms with E-state index in [-0.39, 0.29) is 11.9 Å². The second-order valence-corrected chi connectivity index (χ2v) is 7.04. The van der Waals surface area contributed by atoms with Crippen molar-refractivity contribution >= 4 is 5.91 Å². The van der Waals surface area contributed by atoms with Crippen LogP contribution in [0.1, 0.15) is 36.0 Å². The molecule has 3 aromatic rings. The quantitative estimate of drug-likeness (QED) is 0.698. The van der Waals surface area contributed by atoms with Crippen LogP contribution in [0.5, 0.6) is 0 Å². The van der Waals surface area contributed by atoms with E-state index in [2.05, 4.69) is 15.2 Å². The van der Waals surface area contributed by atoms with Crippen molar-refractivity contribution in [2.75, 3.05) is 6.54 Å². The van der Waals surface area contributed by atoms with E-state index in [0.717, 1.165) is 43.6 Å². The lowest BCUT2D eigenvalue weighted by molar-refractivity contribution is 0.0593. The molecule has 27 heavy (non-hydrogen) atoms. The first-order valence-electron chi connectivity index (χ1n) is 9.44. The van der Waals surface area contributed by atoms with Crippen LogP contribution in [0.3, 0.4) is 0 Å². The van der Waals surface area contributed by atoms with Gasteiger partial charge >= 0.3 is 0 Å². The number of carbonyl (C=O) groups is 1. The minimum absolute atomic E-state index is 0.0744. The molecule has 1 aliphatic rings. The molecule has 0 N–H and O–H groups in total. The normalized spacial score (nSPS) is 17.2. The summed E-state index contributed by atoms with van der Waals surface area (Å²) in [5, 5.41) is 8.44. The molecule has 0 aliphatic carbocycles. The van der Waals surface area contributed by atoms with E-state index >= 15 is 0 Å². The van der Waals surface area contributed by atoms with Crippen LogP contribution >= 0.6 is 0 Å². The highest BCUT2D eigenvalue weighted by Crippen LogP contribution is 2.23. The summed E-state index contributed by atoms with van der Waals surface area (Å²) in [6.07, 6.45) is 13.3. The molecule has 1 atom stereocenters. The van der Waals surface area contributed by atoms with Crippen LogP contribution in [-0.4, -0.2) is 47.9 Å². The summed E-state index contributed by atoms with van der Waals surface area (Å²) in [4.78, 5) is 19.6. The third kappa shape index (κ3) is 3.92. The molecular formula is C20H24N6O. The van der Waals surface area contributed by atoms with Gasteiger partial charge in [-0.25, -0.2) is 0 Å². The summed E-state index contributed by atoms with van der Waals surface area (Å²) >= 11 is 0. The standard InChI is InChI=1S/C20H24N6O/c1-24-15-17(14-23-24)19-7-6-16(13-21-19)20(27)26-11-3-2-5-18(26)8-12-25-10-4-9-22-25/h4,6-7,9-10,13-15,18H,2-3,5,8,11-12H2,1H3/t18-/m0/s1. The SMILES string of the molecule is Cn1cc(-c2ccc(C(=O)N3CCCC[C@H]3CCn3cccn3)cn2)cn1. The molecule has 1 fully saturated rings. The number of hydrogen-bond donors (Lipinski definition) is 0. The van der Waals surface area contributed by atoms with Crippen molar-refractivity contribution < 1.29 is 4.79 Å². The Morgan fingerprint density at radius 3 is 2.85 bits per heavy atom. The molecule has 7 heteroatoms. The summed E-state index contributed by atoms with van der Waals surface area (Å²) in [7, 11) is 1.88. The Morgan fingerprint density at radius 2 is 2.15 bits per heavy atom. The Hall–Kier alpha value is -2.96. The molecular weight excluding hydrogens is 340 g/mol. The third-order valence-electron chi connectivity index (χ3n) is 5.15. The van der Waals surface area contributed by atoms with E-state index in [1.807, 2.05) is 47.2 Å². The van der Waals surface area contributed by atoms with Crippen LogP contribution in [-0.2, 0) is 13.6 Å². The Balaban J connectivity index is 1.46. The molecule has 1 saturated heterocycles. The number of hydrogen-bond acceptors (Lipinski definition) is 4. The molecule has 140 valence electrons. The number of aromatic nitrogens is 5. The summed E-state index contributed by atoms with van der Waals surface area (Å²) in [5.74, 6) is 0.0744. The minimum atomic E-state index is 0.0744. The molecule has 3 aromatic heterocycles. The highest BCUT2D eigenvalue weighted by atomic mass is 16.2. The number of pyridine rings is 1. The number of piperidine rings is 1. The van der Waals surface area contributed by atoms with Crippen molar-refractivity contribution in [1.82, 2.24) is 29.4 Å². The molecule has 0 radical (unpaired) electrons. The highest BCUT2D eigenvalue weighted by molar-refractivity contribution is 5.94. The molecule has 1 aliphatic heterocycles. The Bertz CT molecular complexity index is 884. The van der Waals surface area contributed by atoms with E-state index in [0.29, 0.717) is 5.56 Å². The first-order valence-corrected chi connectivity index (χ1v) is 9.44. The van der Waals surface area contributed by atoms with Crippen LogP contribution < -0.4 is 0 Å². The maximum absolute atomic E-state index is 13.1. The van der Waals surface area contributed by atoms with Gasteiger partial charge in [0.1, 0.15) is 0 Å². The number of nitrogens with zero attached hydrogens (tertiary/aromatic N) is 6. The number of likely N-dealkylation sites (tertiary alicyclic amines) is 1. The lowest BCUT2D eigenvalue weighted by atomic mass is 9.98. The average molecular weight is 364 g/mol. The third-order valence-corrected chi connectivity index (χ3v) is 5.15. The molecule has 1 amide bonds. The first kappa shape index (κ1) is 17.5. The smallest absolute Gasteiger partial charge is 0.255 e. The van der Waals surface area contributed by atoms with Gasteiger partial charge in [-0.2, -0.15) is 10.2 Å². The van der Waals surface area contributed by atoms with Crippen molar-refractivity contribution in [3.63, 3.8) is 0 Å². The molecule has 0 unspecified atom stereocenters. The summed E-state index contributed by atoms with van der Waals surface area (Å²) in [6, 6.07) is 5.96. The fourth-order valence-electron chi connectivity index (χ4n) is 3.69. The van der Waals surface area contributed by atoms with Crippen molar-refractivity contribution in [3.05, 3.63) is 54.7 Å². The second kappa shape index (κ2) is 7.73. The number of carbonyl (C=O) groups excluding carboxylic acids is 1. The van der Waals surface area contributed by atoms with E-state index in [4.69, 9.17) is 0 Å². The minimum Gasteiger partial charge on any atom is -0.336 e. The lowest BCUT2D eigenvalue weighted by Gasteiger charge is -2.36. The van der Waals surface area contributed by atoms with Crippen LogP contribution in [0, 0.1) is 0 Å².